The second-order valence-electron chi connectivity index (χ2n) is 4.57. The molecule has 0 atom stereocenters. The van der Waals surface area contributed by atoms with Crippen LogP contribution in [-0.2, 0) is 6.42 Å². The highest BCUT2D eigenvalue weighted by molar-refractivity contribution is 14.0. The maximum Gasteiger partial charge on any atom is 0.188 e. The second kappa shape index (κ2) is 11.5. The van der Waals surface area contributed by atoms with Crippen molar-refractivity contribution < 1.29 is 0 Å². The molecule has 0 bridgehead atoms. The fourth-order valence-corrected chi connectivity index (χ4v) is 2.67. The van der Waals surface area contributed by atoms with Gasteiger partial charge in [-0.25, -0.2) is 0 Å². The number of guanidine groups is 1. The van der Waals surface area contributed by atoms with E-state index in [4.69, 9.17) is 17.3 Å². The standard InChI is InChI=1S/C16H19ClN4S.HI/c17-13-4-6-15(7-5-13)22-12-11-21-16(18)20-10-8-14-3-1-2-9-19-14;/h1-7,9H,8,10-12H2,(H3,18,20,21);1H. The minimum Gasteiger partial charge on any atom is -0.370 e. The number of nitrogens with two attached hydrogens (primary N) is 1. The van der Waals surface area contributed by atoms with Crippen molar-refractivity contribution in [2.75, 3.05) is 18.8 Å². The summed E-state index contributed by atoms with van der Waals surface area (Å²) in [5.41, 5.74) is 6.85. The number of rotatable bonds is 7. The van der Waals surface area contributed by atoms with Crippen LogP contribution >= 0.6 is 47.3 Å². The number of hydrogen-bond donors (Lipinski definition) is 2. The number of aromatic nitrogens is 1. The molecule has 1 aromatic heterocycles. The number of nitrogens with one attached hydrogen (secondary N) is 1. The van der Waals surface area contributed by atoms with Gasteiger partial charge >= 0.3 is 0 Å². The average Bonchev–Trinajstić information content (AvgIpc) is 2.54. The highest BCUT2D eigenvalue weighted by Crippen LogP contribution is 2.19. The van der Waals surface area contributed by atoms with E-state index in [1.807, 2.05) is 42.5 Å². The summed E-state index contributed by atoms with van der Waals surface area (Å²) in [6.07, 6.45) is 2.58. The van der Waals surface area contributed by atoms with Gasteiger partial charge in [0.25, 0.3) is 0 Å². The maximum absolute atomic E-state index is 5.85. The fourth-order valence-electron chi connectivity index (χ4n) is 1.77. The van der Waals surface area contributed by atoms with E-state index in [1.165, 1.54) is 4.90 Å². The van der Waals surface area contributed by atoms with Gasteiger partial charge < -0.3 is 11.1 Å². The van der Waals surface area contributed by atoms with Gasteiger partial charge in [0.05, 0.1) is 0 Å². The highest BCUT2D eigenvalue weighted by Gasteiger charge is 1.96. The van der Waals surface area contributed by atoms with E-state index in [9.17, 15) is 0 Å². The quantitative estimate of drug-likeness (QED) is 0.217. The lowest BCUT2D eigenvalue weighted by molar-refractivity contribution is 0.890. The zero-order valence-corrected chi connectivity index (χ0v) is 16.5. The van der Waals surface area contributed by atoms with Crippen LogP contribution in [0.3, 0.4) is 0 Å². The van der Waals surface area contributed by atoms with E-state index in [0.717, 1.165) is 29.4 Å². The molecule has 2 aromatic rings. The third kappa shape index (κ3) is 8.43. The Bertz CT molecular complexity index is 593. The molecule has 0 spiro atoms. The van der Waals surface area contributed by atoms with E-state index in [1.54, 1.807) is 18.0 Å². The molecular formula is C16H20ClIN4S. The maximum atomic E-state index is 5.85. The lowest BCUT2D eigenvalue weighted by Gasteiger charge is -2.06. The van der Waals surface area contributed by atoms with Gasteiger partial charge in [-0.3, -0.25) is 9.98 Å². The summed E-state index contributed by atoms with van der Waals surface area (Å²) in [5.74, 6) is 1.39. The summed E-state index contributed by atoms with van der Waals surface area (Å²) in [7, 11) is 0. The Morgan fingerprint density at radius 3 is 2.70 bits per heavy atom. The molecule has 0 saturated heterocycles. The summed E-state index contributed by atoms with van der Waals surface area (Å²) in [4.78, 5) is 9.73. The van der Waals surface area contributed by atoms with Crippen molar-refractivity contribution in [1.29, 1.82) is 0 Å². The molecule has 0 amide bonds. The van der Waals surface area contributed by atoms with Gasteiger partial charge in [-0.2, -0.15) is 0 Å². The minimum atomic E-state index is 0. The Kier molecular flexibility index (Phi) is 10.1. The van der Waals surface area contributed by atoms with Crippen LogP contribution in [0.25, 0.3) is 0 Å². The number of thioether (sulfide) groups is 1. The van der Waals surface area contributed by atoms with Crippen LogP contribution in [0.5, 0.6) is 0 Å². The highest BCUT2D eigenvalue weighted by atomic mass is 127. The van der Waals surface area contributed by atoms with E-state index >= 15 is 0 Å². The number of pyridine rings is 1. The summed E-state index contributed by atoms with van der Waals surface area (Å²) < 4.78 is 0. The molecule has 7 heteroatoms. The van der Waals surface area contributed by atoms with E-state index in [0.29, 0.717) is 12.5 Å². The van der Waals surface area contributed by atoms with Crippen molar-refractivity contribution >= 4 is 53.3 Å². The molecule has 2 rings (SSSR count). The zero-order chi connectivity index (χ0) is 15.6. The normalized spacial score (nSPS) is 10.9. The predicted molar refractivity (Wildman–Crippen MR) is 110 cm³/mol. The molecule has 1 aromatic carbocycles. The summed E-state index contributed by atoms with van der Waals surface area (Å²) >= 11 is 7.60. The van der Waals surface area contributed by atoms with Gasteiger partial charge in [-0.1, -0.05) is 17.7 Å². The largest absolute Gasteiger partial charge is 0.370 e. The number of hydrogen-bond acceptors (Lipinski definition) is 3. The molecule has 0 aliphatic heterocycles. The average molecular weight is 463 g/mol. The number of halogens is 2. The van der Waals surface area contributed by atoms with Crippen LogP contribution in [0.1, 0.15) is 5.69 Å². The lowest BCUT2D eigenvalue weighted by atomic mass is 10.3. The van der Waals surface area contributed by atoms with E-state index in [2.05, 4.69) is 15.3 Å². The third-order valence-electron chi connectivity index (χ3n) is 2.87. The van der Waals surface area contributed by atoms with Gasteiger partial charge in [-0.15, -0.1) is 35.7 Å². The van der Waals surface area contributed by atoms with Crippen molar-refractivity contribution in [3.8, 4) is 0 Å². The fraction of sp³-hybridized carbons (Fsp3) is 0.250. The van der Waals surface area contributed by atoms with Crippen LogP contribution in [0, 0.1) is 0 Å². The van der Waals surface area contributed by atoms with Gasteiger partial charge in [0.2, 0.25) is 0 Å². The molecule has 124 valence electrons. The van der Waals surface area contributed by atoms with Gasteiger partial charge in [0, 0.05) is 47.1 Å². The molecule has 0 aliphatic rings. The Labute approximate surface area is 163 Å². The first kappa shape index (κ1) is 20.1. The number of aliphatic imine (C=N–C) groups is 1. The van der Waals surface area contributed by atoms with Gasteiger partial charge in [-0.05, 0) is 36.4 Å². The first-order valence-corrected chi connectivity index (χ1v) is 8.42. The molecule has 3 N–H and O–H groups in total. The molecule has 0 fully saturated rings. The minimum absolute atomic E-state index is 0. The number of nitrogens with zero attached hydrogens (tertiary/aromatic N) is 2. The van der Waals surface area contributed by atoms with Crippen molar-refractivity contribution in [1.82, 2.24) is 10.3 Å². The van der Waals surface area contributed by atoms with E-state index in [-0.39, 0.29) is 24.0 Å². The first-order valence-electron chi connectivity index (χ1n) is 7.06. The first-order chi connectivity index (χ1) is 10.7. The molecule has 0 aliphatic carbocycles. The summed E-state index contributed by atoms with van der Waals surface area (Å²) in [6.45, 7) is 1.41. The van der Waals surface area contributed by atoms with Crippen molar-refractivity contribution in [3.63, 3.8) is 0 Å². The van der Waals surface area contributed by atoms with E-state index < -0.39 is 0 Å². The van der Waals surface area contributed by atoms with Gasteiger partial charge in [0.1, 0.15) is 0 Å². The van der Waals surface area contributed by atoms with Crippen molar-refractivity contribution in [2.45, 2.75) is 11.3 Å². The van der Waals surface area contributed by atoms with Crippen LogP contribution in [0.15, 0.2) is 58.5 Å². The number of benzene rings is 1. The molecule has 4 nitrogen and oxygen atoms in total. The van der Waals surface area contributed by atoms with Crippen molar-refractivity contribution in [3.05, 3.63) is 59.4 Å². The topological polar surface area (TPSA) is 63.3 Å². The monoisotopic (exact) mass is 462 g/mol. The molecule has 1 heterocycles. The molecule has 23 heavy (non-hydrogen) atoms. The molecule has 0 radical (unpaired) electrons. The predicted octanol–water partition coefficient (Wildman–Crippen LogP) is 3.59. The van der Waals surface area contributed by atoms with Crippen LogP contribution in [-0.4, -0.2) is 29.8 Å². The Morgan fingerprint density at radius 1 is 1.22 bits per heavy atom. The summed E-state index contributed by atoms with van der Waals surface area (Å²) in [6, 6.07) is 13.7. The zero-order valence-electron chi connectivity index (χ0n) is 12.6. The Balaban J connectivity index is 0.00000264. The van der Waals surface area contributed by atoms with Crippen LogP contribution < -0.4 is 11.1 Å². The second-order valence-corrected chi connectivity index (χ2v) is 6.17. The van der Waals surface area contributed by atoms with Crippen LogP contribution in [0.2, 0.25) is 5.02 Å². The van der Waals surface area contributed by atoms with Crippen LogP contribution in [0.4, 0.5) is 0 Å². The van der Waals surface area contributed by atoms with Crippen molar-refractivity contribution in [2.24, 2.45) is 10.7 Å². The Morgan fingerprint density at radius 2 is 2.00 bits per heavy atom. The third-order valence-corrected chi connectivity index (χ3v) is 4.13. The van der Waals surface area contributed by atoms with Gasteiger partial charge in [0.15, 0.2) is 5.96 Å². The summed E-state index contributed by atoms with van der Waals surface area (Å²) in [5, 5.41) is 3.87. The smallest absolute Gasteiger partial charge is 0.188 e. The molecule has 0 unspecified atom stereocenters. The Hall–Kier alpha value is -0.990. The SMILES string of the molecule is I.NC(=NCCc1ccccn1)NCCSc1ccc(Cl)cc1. The lowest BCUT2D eigenvalue weighted by Crippen LogP contribution is -2.33. The molecular weight excluding hydrogens is 443 g/mol. The molecule has 0 saturated carbocycles.